The number of fused-ring (bicyclic) bond motifs is 1. The van der Waals surface area contributed by atoms with Crippen molar-refractivity contribution in [2.75, 3.05) is 0 Å². The van der Waals surface area contributed by atoms with Gasteiger partial charge in [0.15, 0.2) is 0 Å². The van der Waals surface area contributed by atoms with Crippen LogP contribution in [0.4, 0.5) is 13.2 Å². The highest BCUT2D eigenvalue weighted by molar-refractivity contribution is 5.80. The molecule has 4 rings (SSSR count). The normalized spacial score (nSPS) is 11.4. The monoisotopic (exact) mass is 355 g/mol. The molecule has 0 unspecified atom stereocenters. The maximum atomic E-state index is 13.5. The summed E-state index contributed by atoms with van der Waals surface area (Å²) in [6, 6.07) is 7.21. The fourth-order valence-electron chi connectivity index (χ4n) is 2.70. The number of hydrogen-bond acceptors (Lipinski definition) is 4. The number of halogens is 3. The van der Waals surface area contributed by atoms with Crippen molar-refractivity contribution >= 4 is 11.0 Å². The van der Waals surface area contributed by atoms with Gasteiger partial charge in [-0.25, -0.2) is 23.1 Å². The minimum Gasteiger partial charge on any atom is -0.257 e. The Morgan fingerprint density at radius 3 is 2.65 bits per heavy atom. The van der Waals surface area contributed by atoms with Gasteiger partial charge < -0.3 is 0 Å². The highest BCUT2D eigenvalue weighted by Crippen LogP contribution is 2.29. The number of benzene rings is 1. The Morgan fingerprint density at radius 1 is 1.00 bits per heavy atom. The second-order valence-electron chi connectivity index (χ2n) is 5.67. The third-order valence-electron chi connectivity index (χ3n) is 4.01. The van der Waals surface area contributed by atoms with E-state index in [-0.39, 0.29) is 0 Å². The predicted octanol–water partition coefficient (Wildman–Crippen LogP) is 4.01. The van der Waals surface area contributed by atoms with Crippen LogP contribution in [0.1, 0.15) is 17.7 Å². The van der Waals surface area contributed by atoms with Crippen molar-refractivity contribution in [3.63, 3.8) is 0 Å². The molecule has 3 heterocycles. The van der Waals surface area contributed by atoms with E-state index in [2.05, 4.69) is 20.1 Å². The Bertz CT molecular complexity index is 1060. The molecule has 1 aromatic carbocycles. The molecule has 0 saturated carbocycles. The molecular formula is C18H12F3N5. The van der Waals surface area contributed by atoms with Gasteiger partial charge in [-0.15, -0.1) is 0 Å². The molecular weight excluding hydrogens is 343 g/mol. The Hall–Kier alpha value is -3.29. The first kappa shape index (κ1) is 16.2. The zero-order valence-corrected chi connectivity index (χ0v) is 13.4. The molecule has 0 saturated heterocycles. The van der Waals surface area contributed by atoms with Crippen LogP contribution in [0.3, 0.4) is 0 Å². The maximum absolute atomic E-state index is 13.5. The summed E-state index contributed by atoms with van der Waals surface area (Å²) in [4.78, 5) is 12.4. The molecule has 0 aliphatic carbocycles. The molecule has 4 aromatic rings. The van der Waals surface area contributed by atoms with Gasteiger partial charge in [0.25, 0.3) is 6.43 Å². The van der Waals surface area contributed by atoms with Crippen molar-refractivity contribution in [3.8, 4) is 11.1 Å². The van der Waals surface area contributed by atoms with E-state index in [1.807, 2.05) is 0 Å². The van der Waals surface area contributed by atoms with Gasteiger partial charge in [-0.2, -0.15) is 5.10 Å². The van der Waals surface area contributed by atoms with Crippen molar-refractivity contribution in [3.05, 3.63) is 72.3 Å². The summed E-state index contributed by atoms with van der Waals surface area (Å²) in [7, 11) is 0. The minimum absolute atomic E-state index is 0.419. The Kier molecular flexibility index (Phi) is 4.08. The van der Waals surface area contributed by atoms with E-state index in [4.69, 9.17) is 0 Å². The van der Waals surface area contributed by atoms with Crippen LogP contribution in [0.25, 0.3) is 22.2 Å². The topological polar surface area (TPSA) is 56.5 Å². The van der Waals surface area contributed by atoms with E-state index in [9.17, 15) is 13.2 Å². The smallest absolute Gasteiger partial charge is 0.257 e. The summed E-state index contributed by atoms with van der Waals surface area (Å²) in [6.45, 7) is 0.419. The molecule has 8 heteroatoms. The summed E-state index contributed by atoms with van der Waals surface area (Å²) in [5.74, 6) is -0.924. The molecule has 0 radical (unpaired) electrons. The fraction of sp³-hybridized carbons (Fsp3) is 0.111. The van der Waals surface area contributed by atoms with Crippen LogP contribution in [0.2, 0.25) is 0 Å². The van der Waals surface area contributed by atoms with E-state index in [1.54, 1.807) is 35.4 Å². The van der Waals surface area contributed by atoms with E-state index in [0.29, 0.717) is 23.2 Å². The van der Waals surface area contributed by atoms with E-state index in [0.717, 1.165) is 23.3 Å². The number of hydrogen-bond donors (Lipinski definition) is 0. The fourth-order valence-corrected chi connectivity index (χ4v) is 2.70. The minimum atomic E-state index is -2.88. The first-order chi connectivity index (χ1) is 12.6. The van der Waals surface area contributed by atoms with Crippen molar-refractivity contribution in [1.82, 2.24) is 24.7 Å². The number of aromatic nitrogens is 5. The number of pyridine rings is 1. The first-order valence-electron chi connectivity index (χ1n) is 7.76. The molecule has 0 N–H and O–H groups in total. The summed E-state index contributed by atoms with van der Waals surface area (Å²) in [5, 5.41) is 4.30. The number of rotatable bonds is 4. The third kappa shape index (κ3) is 3.01. The van der Waals surface area contributed by atoms with Gasteiger partial charge >= 0.3 is 0 Å². The van der Waals surface area contributed by atoms with Crippen molar-refractivity contribution in [2.24, 2.45) is 0 Å². The first-order valence-corrected chi connectivity index (χ1v) is 7.76. The number of nitrogens with zero attached hydrogens (tertiary/aromatic N) is 5. The van der Waals surface area contributed by atoms with Crippen LogP contribution in [0.15, 0.2) is 55.2 Å². The second-order valence-corrected chi connectivity index (χ2v) is 5.67. The van der Waals surface area contributed by atoms with Crippen LogP contribution in [-0.2, 0) is 6.54 Å². The van der Waals surface area contributed by atoms with Gasteiger partial charge in [0.05, 0.1) is 29.5 Å². The van der Waals surface area contributed by atoms with Crippen LogP contribution >= 0.6 is 0 Å². The van der Waals surface area contributed by atoms with Crippen molar-refractivity contribution in [2.45, 2.75) is 13.0 Å². The SMILES string of the molecule is Fc1ccc(-c2cnc3cnn(Cc4ccncn4)c3c2)cc1C(F)F. The molecule has 0 spiro atoms. The largest absolute Gasteiger partial charge is 0.266 e. The third-order valence-corrected chi connectivity index (χ3v) is 4.01. The summed E-state index contributed by atoms with van der Waals surface area (Å²) < 4.78 is 41.1. The van der Waals surface area contributed by atoms with Crippen LogP contribution in [0.5, 0.6) is 0 Å². The maximum Gasteiger partial charge on any atom is 0.266 e. The van der Waals surface area contributed by atoms with Crippen molar-refractivity contribution < 1.29 is 13.2 Å². The van der Waals surface area contributed by atoms with Gasteiger partial charge in [-0.1, -0.05) is 6.07 Å². The highest BCUT2D eigenvalue weighted by Gasteiger charge is 2.15. The second kappa shape index (κ2) is 6.55. The molecule has 26 heavy (non-hydrogen) atoms. The molecule has 0 aliphatic rings. The lowest BCUT2D eigenvalue weighted by atomic mass is 10.0. The number of alkyl halides is 2. The standard InChI is InChI=1S/C18H12F3N5/c19-15-2-1-11(5-14(15)18(20)21)12-6-17-16(23-7-12)8-25-26(17)9-13-3-4-22-10-24-13/h1-8,10,18H,9H2. The molecule has 0 amide bonds. The van der Waals surface area contributed by atoms with Crippen LogP contribution in [0, 0.1) is 5.82 Å². The van der Waals surface area contributed by atoms with Crippen LogP contribution < -0.4 is 0 Å². The van der Waals surface area contributed by atoms with Crippen LogP contribution in [-0.4, -0.2) is 24.7 Å². The lowest BCUT2D eigenvalue weighted by molar-refractivity contribution is 0.146. The van der Waals surface area contributed by atoms with Gasteiger partial charge in [-0.3, -0.25) is 9.67 Å². The average molecular weight is 355 g/mol. The lowest BCUT2D eigenvalue weighted by Crippen LogP contribution is -2.03. The molecule has 0 fully saturated rings. The van der Waals surface area contributed by atoms with Gasteiger partial charge in [0.1, 0.15) is 17.7 Å². The Balaban J connectivity index is 1.76. The Labute approximate surface area is 146 Å². The van der Waals surface area contributed by atoms with Gasteiger partial charge in [0.2, 0.25) is 0 Å². The lowest BCUT2D eigenvalue weighted by Gasteiger charge is -2.07. The van der Waals surface area contributed by atoms with E-state index < -0.39 is 17.8 Å². The van der Waals surface area contributed by atoms with Gasteiger partial charge in [0, 0.05) is 18.0 Å². The molecule has 0 bridgehead atoms. The molecule has 130 valence electrons. The molecule has 0 atom stereocenters. The predicted molar refractivity (Wildman–Crippen MR) is 89.0 cm³/mol. The quantitative estimate of drug-likeness (QED) is 0.555. The van der Waals surface area contributed by atoms with Crippen molar-refractivity contribution in [1.29, 1.82) is 0 Å². The Morgan fingerprint density at radius 2 is 1.88 bits per heavy atom. The zero-order valence-electron chi connectivity index (χ0n) is 13.4. The van der Waals surface area contributed by atoms with E-state index >= 15 is 0 Å². The summed E-state index contributed by atoms with van der Waals surface area (Å²) in [6.07, 6.45) is 3.39. The highest BCUT2D eigenvalue weighted by atomic mass is 19.3. The summed E-state index contributed by atoms with van der Waals surface area (Å²) >= 11 is 0. The van der Waals surface area contributed by atoms with E-state index in [1.165, 1.54) is 12.4 Å². The average Bonchev–Trinajstić information content (AvgIpc) is 3.05. The molecule has 0 aliphatic heterocycles. The molecule has 3 aromatic heterocycles. The zero-order chi connectivity index (χ0) is 18.1. The molecule has 5 nitrogen and oxygen atoms in total. The summed E-state index contributed by atoms with van der Waals surface area (Å²) in [5.41, 5.74) is 2.60. The van der Waals surface area contributed by atoms with Gasteiger partial charge in [-0.05, 0) is 29.8 Å².